The third kappa shape index (κ3) is 3.23. The van der Waals surface area contributed by atoms with Crippen molar-refractivity contribution < 1.29 is 14.6 Å². The van der Waals surface area contributed by atoms with E-state index in [4.69, 9.17) is 15.7 Å². The molecule has 1 unspecified atom stereocenters. The van der Waals surface area contributed by atoms with Crippen molar-refractivity contribution in [2.45, 2.75) is 32.7 Å². The Labute approximate surface area is 168 Å². The van der Waals surface area contributed by atoms with E-state index in [1.54, 1.807) is 13.0 Å². The number of primary amides is 1. The average Bonchev–Trinajstić information content (AvgIpc) is 3.32. The SMILES string of the molecule is Cc1cc(OCC(N)=O)c(C(C)(O)N2Cc3ccc(C#N)cc3C2)c2cc[nH]c12. The van der Waals surface area contributed by atoms with Gasteiger partial charge in [-0.15, -0.1) is 0 Å². The summed E-state index contributed by atoms with van der Waals surface area (Å²) in [5.74, 6) is -0.160. The molecule has 0 fully saturated rings. The Morgan fingerprint density at radius 3 is 2.83 bits per heavy atom. The molecule has 29 heavy (non-hydrogen) atoms. The summed E-state index contributed by atoms with van der Waals surface area (Å²) < 4.78 is 5.70. The monoisotopic (exact) mass is 390 g/mol. The molecule has 2 aromatic carbocycles. The van der Waals surface area contributed by atoms with Gasteiger partial charge in [0.25, 0.3) is 5.91 Å². The minimum atomic E-state index is -1.38. The van der Waals surface area contributed by atoms with E-state index in [2.05, 4.69) is 11.1 Å². The number of amides is 1. The molecule has 0 saturated carbocycles. The van der Waals surface area contributed by atoms with Crippen molar-refractivity contribution in [2.75, 3.05) is 6.61 Å². The van der Waals surface area contributed by atoms with Crippen LogP contribution >= 0.6 is 0 Å². The lowest BCUT2D eigenvalue weighted by Gasteiger charge is -2.36. The van der Waals surface area contributed by atoms with Crippen molar-refractivity contribution in [1.29, 1.82) is 5.26 Å². The first-order valence-electron chi connectivity index (χ1n) is 9.33. The molecule has 4 N–H and O–H groups in total. The molecule has 1 atom stereocenters. The lowest BCUT2D eigenvalue weighted by atomic mass is 9.95. The van der Waals surface area contributed by atoms with Crippen LogP contribution in [0.15, 0.2) is 36.5 Å². The van der Waals surface area contributed by atoms with Gasteiger partial charge in [0.15, 0.2) is 6.61 Å². The third-order valence-corrected chi connectivity index (χ3v) is 5.52. The lowest BCUT2D eigenvalue weighted by Crippen LogP contribution is -2.41. The highest BCUT2D eigenvalue weighted by molar-refractivity contribution is 5.89. The number of hydrogen-bond donors (Lipinski definition) is 3. The molecule has 0 saturated heterocycles. The fraction of sp³-hybridized carbons (Fsp3) is 0.273. The van der Waals surface area contributed by atoms with Crippen LogP contribution in [0.4, 0.5) is 0 Å². The molecular weight excluding hydrogens is 368 g/mol. The first-order chi connectivity index (χ1) is 13.8. The summed E-state index contributed by atoms with van der Waals surface area (Å²) in [4.78, 5) is 16.4. The van der Waals surface area contributed by atoms with E-state index in [0.717, 1.165) is 27.6 Å². The number of nitrogens with two attached hydrogens (primary N) is 1. The van der Waals surface area contributed by atoms with Gasteiger partial charge in [-0.3, -0.25) is 9.69 Å². The van der Waals surface area contributed by atoms with Crippen LogP contribution < -0.4 is 10.5 Å². The molecule has 1 amide bonds. The second-order valence-corrected chi connectivity index (χ2v) is 7.56. The minimum absolute atomic E-state index is 0.274. The molecule has 4 rings (SSSR count). The molecule has 2 heterocycles. The minimum Gasteiger partial charge on any atom is -0.483 e. The number of aryl methyl sites for hydroxylation is 1. The Bertz CT molecular complexity index is 1160. The number of H-pyrrole nitrogens is 1. The second-order valence-electron chi connectivity index (χ2n) is 7.56. The second kappa shape index (κ2) is 6.92. The molecule has 0 aliphatic carbocycles. The average molecular weight is 390 g/mol. The van der Waals surface area contributed by atoms with Crippen LogP contribution in [0, 0.1) is 18.3 Å². The molecule has 0 bridgehead atoms. The maximum atomic E-state index is 11.7. The quantitative estimate of drug-likeness (QED) is 0.619. The Morgan fingerprint density at radius 1 is 1.34 bits per heavy atom. The molecule has 0 radical (unpaired) electrons. The third-order valence-electron chi connectivity index (χ3n) is 5.52. The van der Waals surface area contributed by atoms with Gasteiger partial charge in [-0.1, -0.05) is 6.07 Å². The van der Waals surface area contributed by atoms with E-state index in [0.29, 0.717) is 30.0 Å². The van der Waals surface area contributed by atoms with Gasteiger partial charge in [-0.25, -0.2) is 0 Å². The van der Waals surface area contributed by atoms with Crippen molar-refractivity contribution >= 4 is 16.8 Å². The summed E-state index contributed by atoms with van der Waals surface area (Å²) in [7, 11) is 0. The molecule has 3 aromatic rings. The molecule has 7 nitrogen and oxygen atoms in total. The summed E-state index contributed by atoms with van der Waals surface area (Å²) in [6.07, 6.45) is 1.81. The highest BCUT2D eigenvalue weighted by Crippen LogP contribution is 2.43. The summed E-state index contributed by atoms with van der Waals surface area (Å²) >= 11 is 0. The largest absolute Gasteiger partial charge is 0.483 e. The number of rotatable bonds is 5. The zero-order valence-corrected chi connectivity index (χ0v) is 16.3. The van der Waals surface area contributed by atoms with Crippen molar-refractivity contribution in [2.24, 2.45) is 5.73 Å². The van der Waals surface area contributed by atoms with Gasteiger partial charge < -0.3 is 20.6 Å². The number of fused-ring (bicyclic) bond motifs is 2. The fourth-order valence-electron chi connectivity index (χ4n) is 4.06. The van der Waals surface area contributed by atoms with Gasteiger partial charge in [-0.05, 0) is 54.8 Å². The van der Waals surface area contributed by atoms with E-state index in [1.807, 2.05) is 42.3 Å². The van der Waals surface area contributed by atoms with Crippen molar-refractivity contribution in [3.8, 4) is 11.8 Å². The van der Waals surface area contributed by atoms with Gasteiger partial charge in [0.1, 0.15) is 11.5 Å². The predicted molar refractivity (Wildman–Crippen MR) is 108 cm³/mol. The van der Waals surface area contributed by atoms with Crippen LogP contribution in [-0.4, -0.2) is 27.5 Å². The van der Waals surface area contributed by atoms with E-state index in [9.17, 15) is 9.90 Å². The van der Waals surface area contributed by atoms with Crippen LogP contribution in [-0.2, 0) is 23.6 Å². The van der Waals surface area contributed by atoms with Crippen LogP contribution in [0.5, 0.6) is 5.75 Å². The van der Waals surface area contributed by atoms with E-state index >= 15 is 0 Å². The van der Waals surface area contributed by atoms with Crippen LogP contribution in [0.2, 0.25) is 0 Å². The Balaban J connectivity index is 1.79. The normalized spacial score (nSPS) is 15.7. The standard InChI is InChI=1S/C22H22N4O3/c1-13-7-18(29-12-19(24)27)20(17-5-6-25-21(13)17)22(2,28)26-10-15-4-3-14(9-23)8-16(15)11-26/h3-8,25,28H,10-12H2,1-2H3,(H2,24,27). The van der Waals surface area contributed by atoms with Gasteiger partial charge >= 0.3 is 0 Å². The summed E-state index contributed by atoms with van der Waals surface area (Å²) in [6, 6.07) is 11.4. The van der Waals surface area contributed by atoms with E-state index < -0.39 is 11.6 Å². The van der Waals surface area contributed by atoms with Crippen LogP contribution in [0.25, 0.3) is 10.9 Å². The Hall–Kier alpha value is -3.34. The number of ether oxygens (including phenoxy) is 1. The number of nitrogens with zero attached hydrogens (tertiary/aromatic N) is 2. The summed E-state index contributed by atoms with van der Waals surface area (Å²) in [5.41, 5.74) is 8.98. The van der Waals surface area contributed by atoms with Gasteiger partial charge in [0.05, 0.1) is 11.6 Å². The number of nitriles is 1. The van der Waals surface area contributed by atoms with E-state index in [1.165, 1.54) is 0 Å². The smallest absolute Gasteiger partial charge is 0.255 e. The Kier molecular flexibility index (Phi) is 4.53. The highest BCUT2D eigenvalue weighted by atomic mass is 16.5. The zero-order chi connectivity index (χ0) is 20.8. The molecule has 1 aliphatic rings. The first-order valence-corrected chi connectivity index (χ1v) is 9.33. The van der Waals surface area contributed by atoms with Gasteiger partial charge in [-0.2, -0.15) is 5.26 Å². The predicted octanol–water partition coefficient (Wildman–Crippen LogP) is 2.39. The number of carbonyl (C=O) groups is 1. The van der Waals surface area contributed by atoms with Gasteiger partial charge in [0.2, 0.25) is 0 Å². The van der Waals surface area contributed by atoms with Crippen molar-refractivity contribution in [3.05, 3.63) is 64.3 Å². The Morgan fingerprint density at radius 2 is 2.10 bits per heavy atom. The lowest BCUT2D eigenvalue weighted by molar-refractivity contribution is -0.120. The number of aromatic nitrogens is 1. The number of nitrogens with one attached hydrogen (secondary N) is 1. The maximum Gasteiger partial charge on any atom is 0.255 e. The fourth-order valence-corrected chi connectivity index (χ4v) is 4.06. The molecule has 148 valence electrons. The number of aliphatic hydroxyl groups is 1. The summed E-state index contributed by atoms with van der Waals surface area (Å²) in [6.45, 7) is 4.40. The molecule has 7 heteroatoms. The van der Waals surface area contributed by atoms with Gasteiger partial charge in [0, 0.05) is 35.8 Å². The number of benzene rings is 2. The zero-order valence-electron chi connectivity index (χ0n) is 16.3. The first kappa shape index (κ1) is 19.0. The van der Waals surface area contributed by atoms with Crippen LogP contribution in [0.3, 0.4) is 0 Å². The molecule has 1 aromatic heterocycles. The van der Waals surface area contributed by atoms with Crippen molar-refractivity contribution in [1.82, 2.24) is 9.88 Å². The number of aromatic amines is 1. The molecular formula is C22H22N4O3. The maximum absolute atomic E-state index is 11.7. The summed E-state index contributed by atoms with van der Waals surface area (Å²) in [5, 5.41) is 21.7. The number of carbonyl (C=O) groups excluding carboxylic acids is 1. The van der Waals surface area contributed by atoms with Crippen molar-refractivity contribution in [3.63, 3.8) is 0 Å². The highest BCUT2D eigenvalue weighted by Gasteiger charge is 2.39. The number of hydrogen-bond acceptors (Lipinski definition) is 5. The van der Waals surface area contributed by atoms with Crippen LogP contribution in [0.1, 0.15) is 34.7 Å². The topological polar surface area (TPSA) is 115 Å². The molecule has 0 spiro atoms. The molecule has 1 aliphatic heterocycles. The van der Waals surface area contributed by atoms with E-state index in [-0.39, 0.29) is 6.61 Å².